The van der Waals surface area contributed by atoms with Crippen LogP contribution in [-0.2, 0) is 21.9 Å². The zero-order valence-electron chi connectivity index (χ0n) is 13.4. The molecular formula is C17H33FeNO2. The monoisotopic (exact) mass is 339 g/mol. The Morgan fingerprint density at radius 3 is 2.00 bits per heavy atom. The van der Waals surface area contributed by atoms with E-state index in [-0.39, 0.29) is 17.1 Å². The van der Waals surface area contributed by atoms with Crippen molar-refractivity contribution in [3.8, 4) is 0 Å². The van der Waals surface area contributed by atoms with Crippen molar-refractivity contribution >= 4 is 5.97 Å². The van der Waals surface area contributed by atoms with Gasteiger partial charge in [-0.15, -0.1) is 0 Å². The van der Waals surface area contributed by atoms with Crippen LogP contribution in [0.25, 0.3) is 0 Å². The van der Waals surface area contributed by atoms with Gasteiger partial charge in [-0.3, -0.25) is 4.79 Å². The minimum Gasteiger partial charge on any atom is -0.481 e. The molecule has 0 bridgehead atoms. The zero-order valence-corrected chi connectivity index (χ0v) is 14.5. The molecule has 126 valence electrons. The van der Waals surface area contributed by atoms with Gasteiger partial charge in [-0.05, 0) is 44.7 Å². The van der Waals surface area contributed by atoms with E-state index in [1.165, 1.54) is 64.3 Å². The van der Waals surface area contributed by atoms with Gasteiger partial charge < -0.3 is 10.4 Å². The molecule has 2 N–H and O–H groups in total. The largest absolute Gasteiger partial charge is 0.481 e. The van der Waals surface area contributed by atoms with Gasteiger partial charge in [-0.2, -0.15) is 0 Å². The number of rotatable bonds is 8. The van der Waals surface area contributed by atoms with Gasteiger partial charge in [0.2, 0.25) is 0 Å². The zero-order chi connectivity index (χ0) is 14.5. The Balaban J connectivity index is 0.000000562. The van der Waals surface area contributed by atoms with Crippen LogP contribution in [0.3, 0.4) is 0 Å². The van der Waals surface area contributed by atoms with Gasteiger partial charge in [-0.1, -0.05) is 51.4 Å². The number of carboxylic acids is 1. The summed E-state index contributed by atoms with van der Waals surface area (Å²) in [7, 11) is 0. The second kappa shape index (κ2) is 14.9. The number of carbonyl (C=O) groups is 1. The third kappa shape index (κ3) is 13.3. The number of hydrogen-bond donors (Lipinski definition) is 2. The molecule has 0 radical (unpaired) electrons. The Bertz CT molecular complexity index is 231. The van der Waals surface area contributed by atoms with Crippen LogP contribution < -0.4 is 5.32 Å². The Morgan fingerprint density at radius 1 is 0.905 bits per heavy atom. The van der Waals surface area contributed by atoms with Crippen molar-refractivity contribution in [2.75, 3.05) is 13.1 Å². The minimum absolute atomic E-state index is 0. The molecule has 0 heterocycles. The topological polar surface area (TPSA) is 49.3 Å². The van der Waals surface area contributed by atoms with E-state index in [0.29, 0.717) is 6.42 Å². The minimum atomic E-state index is -0.672. The van der Waals surface area contributed by atoms with Gasteiger partial charge in [0.15, 0.2) is 0 Å². The maximum atomic E-state index is 10.2. The first kappa shape index (κ1) is 20.9. The van der Waals surface area contributed by atoms with Gasteiger partial charge in [0.1, 0.15) is 0 Å². The van der Waals surface area contributed by atoms with Crippen LogP contribution in [0.4, 0.5) is 0 Å². The van der Waals surface area contributed by atoms with Crippen molar-refractivity contribution in [1.82, 2.24) is 5.32 Å². The molecule has 2 saturated carbocycles. The van der Waals surface area contributed by atoms with Crippen molar-refractivity contribution in [3.05, 3.63) is 0 Å². The Hall–Kier alpha value is -0.0505. The van der Waals surface area contributed by atoms with E-state index in [0.717, 1.165) is 31.7 Å². The molecule has 0 aromatic rings. The molecular weight excluding hydrogens is 306 g/mol. The van der Waals surface area contributed by atoms with Crippen LogP contribution in [0.15, 0.2) is 0 Å². The first-order valence-electron chi connectivity index (χ1n) is 8.71. The Morgan fingerprint density at radius 2 is 1.48 bits per heavy atom. The van der Waals surface area contributed by atoms with Crippen LogP contribution in [-0.4, -0.2) is 24.2 Å². The molecule has 0 atom stereocenters. The van der Waals surface area contributed by atoms with Gasteiger partial charge >= 0.3 is 5.97 Å². The van der Waals surface area contributed by atoms with E-state index in [4.69, 9.17) is 5.11 Å². The molecule has 2 rings (SSSR count). The van der Waals surface area contributed by atoms with Crippen LogP contribution in [0.5, 0.6) is 0 Å². The predicted octanol–water partition coefficient (Wildman–Crippen LogP) is 4.36. The van der Waals surface area contributed by atoms with Gasteiger partial charge in [0.25, 0.3) is 0 Å². The smallest absolute Gasteiger partial charge is 0.303 e. The molecule has 0 aromatic carbocycles. The van der Waals surface area contributed by atoms with Crippen molar-refractivity contribution < 1.29 is 27.0 Å². The van der Waals surface area contributed by atoms with Crippen molar-refractivity contribution in [3.63, 3.8) is 0 Å². The molecule has 2 aliphatic carbocycles. The molecule has 2 fully saturated rings. The average molecular weight is 339 g/mol. The van der Waals surface area contributed by atoms with Crippen molar-refractivity contribution in [2.24, 2.45) is 5.92 Å². The summed E-state index contributed by atoms with van der Waals surface area (Å²) in [4.78, 5) is 10.2. The first-order chi connectivity index (χ1) is 9.79. The van der Waals surface area contributed by atoms with E-state index in [1.54, 1.807) is 0 Å². The summed E-state index contributed by atoms with van der Waals surface area (Å²) in [5, 5.41) is 11.9. The normalized spacial score (nSPS) is 17.9. The van der Waals surface area contributed by atoms with Crippen molar-refractivity contribution in [1.29, 1.82) is 0 Å². The summed E-state index contributed by atoms with van der Waals surface area (Å²) < 4.78 is 0. The van der Waals surface area contributed by atoms with Gasteiger partial charge in [0, 0.05) is 23.5 Å². The molecule has 2 aliphatic rings. The molecule has 0 unspecified atom stereocenters. The van der Waals surface area contributed by atoms with Crippen LogP contribution in [0.1, 0.15) is 83.5 Å². The fourth-order valence-electron chi connectivity index (χ4n) is 3.11. The second-order valence-electron chi connectivity index (χ2n) is 6.33. The molecule has 0 aliphatic heterocycles. The molecule has 0 aromatic heterocycles. The third-order valence-corrected chi connectivity index (χ3v) is 4.40. The van der Waals surface area contributed by atoms with E-state index in [9.17, 15) is 4.79 Å². The van der Waals surface area contributed by atoms with Gasteiger partial charge in [-0.25, -0.2) is 0 Å². The van der Waals surface area contributed by atoms with Gasteiger partial charge in [0.05, 0.1) is 0 Å². The van der Waals surface area contributed by atoms with Crippen LogP contribution in [0.2, 0.25) is 0 Å². The molecule has 0 saturated heterocycles. The average Bonchev–Trinajstić information content (AvgIpc) is 3.13. The fourth-order valence-corrected chi connectivity index (χ4v) is 3.11. The number of aliphatic carboxylic acids is 1. The van der Waals surface area contributed by atoms with E-state index < -0.39 is 5.97 Å². The van der Waals surface area contributed by atoms with E-state index >= 15 is 0 Å². The molecule has 21 heavy (non-hydrogen) atoms. The Kier molecular flexibility index (Phi) is 14.8. The fraction of sp³-hybridized carbons (Fsp3) is 0.941. The summed E-state index contributed by atoms with van der Waals surface area (Å²) in [6, 6.07) is 0. The predicted molar refractivity (Wildman–Crippen MR) is 84.0 cm³/mol. The number of nitrogens with one attached hydrogen (secondary N) is 1. The molecule has 4 heteroatoms. The SMILES string of the molecule is C1CCCC1.O=C(O)CCCCCNCC1CCCC1.[Fe]. The third-order valence-electron chi connectivity index (χ3n) is 4.40. The van der Waals surface area contributed by atoms with E-state index in [1.807, 2.05) is 0 Å². The first-order valence-corrected chi connectivity index (χ1v) is 8.71. The number of unbranched alkanes of at least 4 members (excludes halogenated alkanes) is 2. The summed E-state index contributed by atoms with van der Waals surface area (Å²) in [6.07, 6.45) is 16.4. The summed E-state index contributed by atoms with van der Waals surface area (Å²) in [6.45, 7) is 2.22. The summed E-state index contributed by atoms with van der Waals surface area (Å²) in [5.74, 6) is 0.234. The Labute approximate surface area is 141 Å². The summed E-state index contributed by atoms with van der Waals surface area (Å²) in [5.41, 5.74) is 0. The van der Waals surface area contributed by atoms with Crippen LogP contribution in [0, 0.1) is 5.92 Å². The second-order valence-corrected chi connectivity index (χ2v) is 6.33. The van der Waals surface area contributed by atoms with Crippen LogP contribution >= 0.6 is 0 Å². The molecule has 0 spiro atoms. The maximum Gasteiger partial charge on any atom is 0.303 e. The maximum absolute atomic E-state index is 10.2. The number of hydrogen-bond acceptors (Lipinski definition) is 2. The van der Waals surface area contributed by atoms with Crippen molar-refractivity contribution in [2.45, 2.75) is 83.5 Å². The molecule has 0 amide bonds. The quantitative estimate of drug-likeness (QED) is 0.510. The van der Waals surface area contributed by atoms with E-state index in [2.05, 4.69) is 5.32 Å². The summed E-state index contributed by atoms with van der Waals surface area (Å²) >= 11 is 0. The molecule has 3 nitrogen and oxygen atoms in total. The number of carboxylic acid groups (broad SMARTS) is 1. The standard InChI is InChI=1S/C12H23NO2.C5H10.Fe/c14-12(15)8-2-1-5-9-13-10-11-6-3-4-7-11;1-2-4-5-3-1;/h11,13H,1-10H2,(H,14,15);1-5H2;.